The van der Waals surface area contributed by atoms with Gasteiger partial charge < -0.3 is 10.6 Å². The van der Waals surface area contributed by atoms with E-state index in [9.17, 15) is 8.42 Å². The molecule has 1 aliphatic rings. The molecule has 8 heteroatoms. The SMILES string of the molecule is CN(C)CC1CCCN1S(=O)(=O)c1cn(C)nc1N. The summed E-state index contributed by atoms with van der Waals surface area (Å²) in [6.45, 7) is 1.27. The summed E-state index contributed by atoms with van der Waals surface area (Å²) in [4.78, 5) is 2.12. The number of nitrogens with zero attached hydrogens (tertiary/aromatic N) is 4. The molecule has 0 bridgehead atoms. The zero-order valence-corrected chi connectivity index (χ0v) is 12.4. The lowest BCUT2D eigenvalue weighted by atomic mass is 10.2. The highest BCUT2D eigenvalue weighted by Crippen LogP contribution is 2.28. The van der Waals surface area contributed by atoms with Crippen LogP contribution >= 0.6 is 0 Å². The molecule has 2 N–H and O–H groups in total. The van der Waals surface area contributed by atoms with Crippen molar-refractivity contribution in [1.29, 1.82) is 0 Å². The van der Waals surface area contributed by atoms with Gasteiger partial charge in [-0.1, -0.05) is 0 Å². The highest BCUT2D eigenvalue weighted by molar-refractivity contribution is 7.89. The quantitative estimate of drug-likeness (QED) is 0.823. The van der Waals surface area contributed by atoms with Crippen molar-refractivity contribution in [3.05, 3.63) is 6.20 Å². The van der Waals surface area contributed by atoms with Crippen molar-refractivity contribution in [2.75, 3.05) is 32.9 Å². The average molecular weight is 287 g/mol. The van der Waals surface area contributed by atoms with Gasteiger partial charge in [0.25, 0.3) is 0 Å². The topological polar surface area (TPSA) is 84.5 Å². The molecule has 1 unspecified atom stereocenters. The number of aryl methyl sites for hydroxylation is 1. The molecule has 108 valence electrons. The van der Waals surface area contributed by atoms with Gasteiger partial charge in [-0.05, 0) is 26.9 Å². The second kappa shape index (κ2) is 5.10. The summed E-state index contributed by atoms with van der Waals surface area (Å²) < 4.78 is 28.3. The third kappa shape index (κ3) is 2.75. The predicted molar refractivity (Wildman–Crippen MR) is 73.1 cm³/mol. The monoisotopic (exact) mass is 287 g/mol. The standard InChI is InChI=1S/C11H21N5O2S/c1-14(2)7-9-5-4-6-16(9)19(17,18)10-8-15(3)13-11(10)12/h8-9H,4-7H2,1-3H3,(H2,12,13). The van der Waals surface area contributed by atoms with Gasteiger partial charge in [-0.2, -0.15) is 9.40 Å². The maximum Gasteiger partial charge on any atom is 0.248 e. The molecule has 1 aromatic rings. The fraction of sp³-hybridized carbons (Fsp3) is 0.727. The van der Waals surface area contributed by atoms with E-state index in [0.29, 0.717) is 6.54 Å². The van der Waals surface area contributed by atoms with E-state index in [0.717, 1.165) is 19.4 Å². The third-order valence-corrected chi connectivity index (χ3v) is 5.28. The maximum atomic E-state index is 12.6. The van der Waals surface area contributed by atoms with E-state index < -0.39 is 10.0 Å². The molecule has 1 saturated heterocycles. The summed E-state index contributed by atoms with van der Waals surface area (Å²) in [7, 11) is 2.01. The lowest BCUT2D eigenvalue weighted by molar-refractivity contribution is 0.291. The average Bonchev–Trinajstić information content (AvgIpc) is 2.84. The van der Waals surface area contributed by atoms with E-state index in [4.69, 9.17) is 5.73 Å². The number of aromatic nitrogens is 2. The van der Waals surface area contributed by atoms with Gasteiger partial charge in [-0.15, -0.1) is 0 Å². The molecule has 1 aliphatic heterocycles. The molecule has 2 heterocycles. The van der Waals surface area contributed by atoms with Crippen molar-refractivity contribution < 1.29 is 8.42 Å². The van der Waals surface area contributed by atoms with Gasteiger partial charge in [0.05, 0.1) is 0 Å². The predicted octanol–water partition coefficient (Wildman–Crippen LogP) is -0.283. The Balaban J connectivity index is 2.31. The Labute approximate surface area is 114 Å². The molecule has 0 saturated carbocycles. The van der Waals surface area contributed by atoms with Crippen LogP contribution in [-0.2, 0) is 17.1 Å². The van der Waals surface area contributed by atoms with Gasteiger partial charge >= 0.3 is 0 Å². The van der Waals surface area contributed by atoms with Crippen LogP contribution in [0, 0.1) is 0 Å². The van der Waals surface area contributed by atoms with Crippen LogP contribution in [0.2, 0.25) is 0 Å². The van der Waals surface area contributed by atoms with Crippen LogP contribution in [0.4, 0.5) is 5.82 Å². The normalized spacial score (nSPS) is 21.4. The smallest absolute Gasteiger partial charge is 0.248 e. The van der Waals surface area contributed by atoms with Gasteiger partial charge in [-0.3, -0.25) is 4.68 Å². The number of hydrogen-bond donors (Lipinski definition) is 1. The molecule has 1 atom stereocenters. The lowest BCUT2D eigenvalue weighted by Gasteiger charge is -2.26. The van der Waals surface area contributed by atoms with E-state index in [2.05, 4.69) is 5.10 Å². The van der Waals surface area contributed by atoms with Gasteiger partial charge in [-0.25, -0.2) is 8.42 Å². The molecule has 0 amide bonds. The van der Waals surface area contributed by atoms with E-state index in [-0.39, 0.29) is 16.8 Å². The number of rotatable bonds is 4. The first-order chi connectivity index (χ1) is 8.82. The maximum absolute atomic E-state index is 12.6. The Hall–Kier alpha value is -1.12. The van der Waals surface area contributed by atoms with Crippen LogP contribution in [0.15, 0.2) is 11.1 Å². The van der Waals surface area contributed by atoms with E-state index in [1.807, 2.05) is 19.0 Å². The fourth-order valence-corrected chi connectivity index (χ4v) is 4.32. The van der Waals surface area contributed by atoms with Gasteiger partial charge in [0, 0.05) is 32.4 Å². The molecule has 0 spiro atoms. The number of sulfonamides is 1. The number of anilines is 1. The van der Waals surface area contributed by atoms with Gasteiger partial charge in [0.2, 0.25) is 10.0 Å². The summed E-state index contributed by atoms with van der Waals surface area (Å²) in [5, 5.41) is 3.91. The fourth-order valence-electron chi connectivity index (χ4n) is 2.54. The van der Waals surface area contributed by atoms with Crippen molar-refractivity contribution >= 4 is 15.8 Å². The van der Waals surface area contributed by atoms with E-state index in [1.54, 1.807) is 11.4 Å². The molecule has 19 heavy (non-hydrogen) atoms. The van der Waals surface area contributed by atoms with Gasteiger partial charge in [0.1, 0.15) is 4.90 Å². The number of nitrogen functional groups attached to an aromatic ring is 1. The van der Waals surface area contributed by atoms with Crippen LogP contribution in [0.1, 0.15) is 12.8 Å². The Kier molecular flexibility index (Phi) is 3.84. The molecular formula is C11H21N5O2S. The largest absolute Gasteiger partial charge is 0.381 e. The second-order valence-corrected chi connectivity index (χ2v) is 7.09. The zero-order valence-electron chi connectivity index (χ0n) is 11.6. The minimum Gasteiger partial charge on any atom is -0.381 e. The van der Waals surface area contributed by atoms with Crippen molar-refractivity contribution in [2.45, 2.75) is 23.8 Å². The van der Waals surface area contributed by atoms with Crippen LogP contribution in [0.5, 0.6) is 0 Å². The van der Waals surface area contributed by atoms with Crippen LogP contribution < -0.4 is 5.73 Å². The molecule has 1 fully saturated rings. The Morgan fingerprint density at radius 3 is 2.74 bits per heavy atom. The highest BCUT2D eigenvalue weighted by Gasteiger charge is 2.37. The van der Waals surface area contributed by atoms with E-state index >= 15 is 0 Å². The van der Waals surface area contributed by atoms with Crippen molar-refractivity contribution in [1.82, 2.24) is 19.0 Å². The summed E-state index contributed by atoms with van der Waals surface area (Å²) in [5.41, 5.74) is 5.69. The molecule has 0 aliphatic carbocycles. The summed E-state index contributed by atoms with van der Waals surface area (Å²) in [5.74, 6) is 0.0676. The van der Waals surface area contributed by atoms with Gasteiger partial charge in [0.15, 0.2) is 5.82 Å². The summed E-state index contributed by atoms with van der Waals surface area (Å²) in [6, 6.07) is 0.0135. The first-order valence-corrected chi connectivity index (χ1v) is 7.72. The summed E-state index contributed by atoms with van der Waals surface area (Å²) in [6.07, 6.45) is 3.24. The molecule has 1 aromatic heterocycles. The van der Waals surface area contributed by atoms with E-state index in [1.165, 1.54) is 10.9 Å². The minimum atomic E-state index is -3.54. The van der Waals surface area contributed by atoms with Crippen LogP contribution in [0.25, 0.3) is 0 Å². The number of hydrogen-bond acceptors (Lipinski definition) is 5. The Morgan fingerprint density at radius 2 is 2.21 bits per heavy atom. The third-order valence-electron chi connectivity index (χ3n) is 3.31. The number of likely N-dealkylation sites (N-methyl/N-ethyl adjacent to an activating group) is 1. The Morgan fingerprint density at radius 1 is 1.53 bits per heavy atom. The zero-order chi connectivity index (χ0) is 14.2. The Bertz CT molecular complexity index is 551. The molecule has 7 nitrogen and oxygen atoms in total. The second-order valence-electron chi connectivity index (χ2n) is 5.23. The van der Waals surface area contributed by atoms with Crippen molar-refractivity contribution in [3.8, 4) is 0 Å². The summed E-state index contributed by atoms with van der Waals surface area (Å²) >= 11 is 0. The lowest BCUT2D eigenvalue weighted by Crippen LogP contribution is -2.41. The number of nitrogens with two attached hydrogens (primary N) is 1. The van der Waals surface area contributed by atoms with Crippen molar-refractivity contribution in [3.63, 3.8) is 0 Å². The molecule has 0 aromatic carbocycles. The first-order valence-electron chi connectivity index (χ1n) is 6.28. The minimum absolute atomic E-state index is 0.0135. The highest BCUT2D eigenvalue weighted by atomic mass is 32.2. The molecular weight excluding hydrogens is 266 g/mol. The van der Waals surface area contributed by atoms with Crippen LogP contribution in [-0.4, -0.2) is 60.6 Å². The van der Waals surface area contributed by atoms with Crippen molar-refractivity contribution in [2.24, 2.45) is 7.05 Å². The molecule has 2 rings (SSSR count). The first kappa shape index (κ1) is 14.3. The van der Waals surface area contributed by atoms with Crippen LogP contribution in [0.3, 0.4) is 0 Å². The molecule has 0 radical (unpaired) electrons.